The maximum absolute atomic E-state index is 5.79. The van der Waals surface area contributed by atoms with E-state index in [-0.39, 0.29) is 12.1 Å². The predicted octanol–water partition coefficient (Wildman–Crippen LogP) is 4.28. The lowest BCUT2D eigenvalue weighted by molar-refractivity contribution is 0.244. The Morgan fingerprint density at radius 2 is 2.30 bits per heavy atom. The first-order valence-corrected chi connectivity index (χ1v) is 9.19. The van der Waals surface area contributed by atoms with Crippen LogP contribution < -0.4 is 14.8 Å². The molecule has 2 heterocycles. The largest absolute Gasteiger partial charge is 0.494 e. The molecule has 0 bridgehead atoms. The number of thiazole rings is 1. The van der Waals surface area contributed by atoms with Crippen LogP contribution in [0.15, 0.2) is 23.6 Å². The molecule has 0 spiro atoms. The van der Waals surface area contributed by atoms with Gasteiger partial charge in [0.25, 0.3) is 0 Å². The highest BCUT2D eigenvalue weighted by atomic mass is 32.1. The minimum Gasteiger partial charge on any atom is -0.494 e. The smallest absolute Gasteiger partial charge is 0.124 e. The molecule has 0 saturated carbocycles. The Hall–Kier alpha value is -1.59. The highest BCUT2D eigenvalue weighted by Crippen LogP contribution is 2.36. The van der Waals surface area contributed by atoms with Gasteiger partial charge in [0.05, 0.1) is 23.9 Å². The van der Waals surface area contributed by atoms with Crippen LogP contribution in [0.5, 0.6) is 11.5 Å². The minimum absolute atomic E-state index is 0.221. The van der Waals surface area contributed by atoms with Gasteiger partial charge in [0.15, 0.2) is 0 Å². The number of nitrogens with one attached hydrogen (secondary N) is 1. The average Bonchev–Trinajstić information content (AvgIpc) is 3.05. The molecule has 0 amide bonds. The summed E-state index contributed by atoms with van der Waals surface area (Å²) in [5.41, 5.74) is 2.31. The molecule has 0 fully saturated rings. The van der Waals surface area contributed by atoms with E-state index in [9.17, 15) is 0 Å². The van der Waals surface area contributed by atoms with Crippen molar-refractivity contribution in [3.8, 4) is 11.5 Å². The van der Waals surface area contributed by atoms with Crippen LogP contribution in [-0.4, -0.2) is 18.2 Å². The second-order valence-electron chi connectivity index (χ2n) is 5.73. The Bertz CT molecular complexity index is 656. The molecule has 23 heavy (non-hydrogen) atoms. The standard InChI is InChI=1S/C18H24N2O2S/c1-4-18-20-16(11-23-18)12(3)19-15-8-9-22-17-7-6-13(21-5-2)10-14(15)17/h6-7,10-12,15,19H,4-5,8-9H2,1-3H3/t12-,15-/m0/s1. The zero-order valence-corrected chi connectivity index (χ0v) is 14.8. The molecule has 1 N–H and O–H groups in total. The van der Waals surface area contributed by atoms with Crippen LogP contribution in [0.2, 0.25) is 0 Å². The molecule has 124 valence electrons. The highest BCUT2D eigenvalue weighted by Gasteiger charge is 2.24. The van der Waals surface area contributed by atoms with Gasteiger partial charge in [0.1, 0.15) is 11.5 Å². The Balaban J connectivity index is 1.77. The first kappa shape index (κ1) is 16.3. The first-order chi connectivity index (χ1) is 11.2. The van der Waals surface area contributed by atoms with Gasteiger partial charge in [-0.15, -0.1) is 11.3 Å². The van der Waals surface area contributed by atoms with Crippen molar-refractivity contribution in [1.29, 1.82) is 0 Å². The van der Waals surface area contributed by atoms with E-state index in [4.69, 9.17) is 14.5 Å². The summed E-state index contributed by atoms with van der Waals surface area (Å²) >= 11 is 1.74. The number of benzene rings is 1. The average molecular weight is 332 g/mol. The van der Waals surface area contributed by atoms with Gasteiger partial charge in [-0.2, -0.15) is 0 Å². The van der Waals surface area contributed by atoms with E-state index in [1.807, 2.05) is 19.1 Å². The maximum atomic E-state index is 5.79. The number of aromatic nitrogens is 1. The molecule has 0 aliphatic carbocycles. The van der Waals surface area contributed by atoms with Crippen LogP contribution in [-0.2, 0) is 6.42 Å². The van der Waals surface area contributed by atoms with Gasteiger partial charge >= 0.3 is 0 Å². The number of ether oxygens (including phenoxy) is 2. The van der Waals surface area contributed by atoms with Gasteiger partial charge < -0.3 is 14.8 Å². The first-order valence-electron chi connectivity index (χ1n) is 8.31. The van der Waals surface area contributed by atoms with E-state index < -0.39 is 0 Å². The Kier molecular flexibility index (Phi) is 5.18. The molecular formula is C18H24N2O2S. The Morgan fingerprint density at radius 3 is 3.04 bits per heavy atom. The number of nitrogens with zero attached hydrogens (tertiary/aromatic N) is 1. The van der Waals surface area contributed by atoms with Crippen LogP contribution >= 0.6 is 11.3 Å². The van der Waals surface area contributed by atoms with Crippen molar-refractivity contribution in [3.05, 3.63) is 39.8 Å². The second-order valence-corrected chi connectivity index (χ2v) is 6.67. The number of aryl methyl sites for hydroxylation is 1. The zero-order chi connectivity index (χ0) is 16.2. The molecule has 0 saturated heterocycles. The molecule has 4 nitrogen and oxygen atoms in total. The van der Waals surface area contributed by atoms with Crippen molar-refractivity contribution in [2.45, 2.75) is 45.7 Å². The van der Waals surface area contributed by atoms with Gasteiger partial charge in [0, 0.05) is 29.4 Å². The summed E-state index contributed by atoms with van der Waals surface area (Å²) in [5, 5.41) is 7.06. The topological polar surface area (TPSA) is 43.4 Å². The van der Waals surface area contributed by atoms with Crippen LogP contribution in [0.1, 0.15) is 55.5 Å². The van der Waals surface area contributed by atoms with Crippen LogP contribution in [0.4, 0.5) is 0 Å². The SMILES string of the molecule is CCOc1ccc2c(c1)[C@@H](N[C@@H](C)c1csc(CC)n1)CCO2. The van der Waals surface area contributed by atoms with E-state index in [0.29, 0.717) is 6.61 Å². The second kappa shape index (κ2) is 7.32. The number of hydrogen-bond acceptors (Lipinski definition) is 5. The summed E-state index contributed by atoms with van der Waals surface area (Å²) in [5.74, 6) is 1.86. The molecule has 1 aliphatic rings. The summed E-state index contributed by atoms with van der Waals surface area (Å²) < 4.78 is 11.4. The van der Waals surface area contributed by atoms with Crippen LogP contribution in [0.3, 0.4) is 0 Å². The van der Waals surface area contributed by atoms with Gasteiger partial charge in [-0.25, -0.2) is 4.98 Å². The van der Waals surface area contributed by atoms with Gasteiger partial charge in [-0.1, -0.05) is 6.92 Å². The van der Waals surface area contributed by atoms with Crippen LogP contribution in [0, 0.1) is 0 Å². The molecule has 0 unspecified atom stereocenters. The zero-order valence-electron chi connectivity index (χ0n) is 14.0. The van der Waals surface area contributed by atoms with Crippen molar-refractivity contribution in [2.75, 3.05) is 13.2 Å². The summed E-state index contributed by atoms with van der Waals surface area (Å²) in [4.78, 5) is 4.70. The minimum atomic E-state index is 0.221. The molecule has 1 aromatic heterocycles. The maximum Gasteiger partial charge on any atom is 0.124 e. The van der Waals surface area contributed by atoms with Crippen molar-refractivity contribution >= 4 is 11.3 Å². The highest BCUT2D eigenvalue weighted by molar-refractivity contribution is 7.09. The van der Waals surface area contributed by atoms with E-state index in [2.05, 4.69) is 30.6 Å². The normalized spacial score (nSPS) is 18.1. The Morgan fingerprint density at radius 1 is 1.43 bits per heavy atom. The lowest BCUT2D eigenvalue weighted by atomic mass is 9.99. The third-order valence-corrected chi connectivity index (χ3v) is 5.11. The van der Waals surface area contributed by atoms with Crippen molar-refractivity contribution < 1.29 is 9.47 Å². The van der Waals surface area contributed by atoms with E-state index in [1.165, 1.54) is 10.6 Å². The lowest BCUT2D eigenvalue weighted by Crippen LogP contribution is -2.29. The van der Waals surface area contributed by atoms with E-state index in [0.717, 1.165) is 36.6 Å². The molecule has 0 radical (unpaired) electrons. The van der Waals surface area contributed by atoms with Crippen molar-refractivity contribution in [3.63, 3.8) is 0 Å². The fraction of sp³-hybridized carbons (Fsp3) is 0.500. The third-order valence-electron chi connectivity index (χ3n) is 4.10. The Labute approximate surface area is 141 Å². The molecule has 1 aromatic carbocycles. The fourth-order valence-electron chi connectivity index (χ4n) is 2.88. The molecular weight excluding hydrogens is 308 g/mol. The monoisotopic (exact) mass is 332 g/mol. The molecule has 2 atom stereocenters. The summed E-state index contributed by atoms with van der Waals surface area (Å²) in [6.45, 7) is 7.73. The summed E-state index contributed by atoms with van der Waals surface area (Å²) in [6, 6.07) is 6.57. The summed E-state index contributed by atoms with van der Waals surface area (Å²) in [7, 11) is 0. The van der Waals surface area contributed by atoms with Gasteiger partial charge in [0.2, 0.25) is 0 Å². The molecule has 2 aromatic rings. The molecule has 1 aliphatic heterocycles. The van der Waals surface area contributed by atoms with Crippen LogP contribution in [0.25, 0.3) is 0 Å². The number of hydrogen-bond donors (Lipinski definition) is 1. The van der Waals surface area contributed by atoms with Crippen molar-refractivity contribution in [1.82, 2.24) is 10.3 Å². The quantitative estimate of drug-likeness (QED) is 0.857. The van der Waals surface area contributed by atoms with Crippen molar-refractivity contribution in [2.24, 2.45) is 0 Å². The summed E-state index contributed by atoms with van der Waals surface area (Å²) in [6.07, 6.45) is 1.95. The molecule has 3 rings (SSSR count). The fourth-order valence-corrected chi connectivity index (χ4v) is 3.71. The number of rotatable bonds is 6. The number of fused-ring (bicyclic) bond motifs is 1. The third kappa shape index (κ3) is 3.67. The van der Waals surface area contributed by atoms with E-state index in [1.54, 1.807) is 11.3 Å². The van der Waals surface area contributed by atoms with E-state index >= 15 is 0 Å². The lowest BCUT2D eigenvalue weighted by Gasteiger charge is -2.29. The predicted molar refractivity (Wildman–Crippen MR) is 93.5 cm³/mol. The van der Waals surface area contributed by atoms with Gasteiger partial charge in [-0.3, -0.25) is 0 Å². The molecule has 5 heteroatoms. The van der Waals surface area contributed by atoms with Gasteiger partial charge in [-0.05, 0) is 38.5 Å².